The highest BCUT2D eigenvalue weighted by atomic mass is 79.9. The first-order chi connectivity index (χ1) is 10.6. The molecule has 6 heteroatoms. The van der Waals surface area contributed by atoms with E-state index in [0.717, 1.165) is 0 Å². The van der Waals surface area contributed by atoms with Crippen LogP contribution in [0.2, 0.25) is 0 Å². The normalized spacial score (nSPS) is 10.1. The molecule has 0 heterocycles. The number of hydrogen-bond acceptors (Lipinski definition) is 3. The van der Waals surface area contributed by atoms with Crippen LogP contribution in [0.25, 0.3) is 0 Å². The lowest BCUT2D eigenvalue weighted by Gasteiger charge is -2.11. The van der Waals surface area contributed by atoms with Crippen molar-refractivity contribution < 1.29 is 14.7 Å². The van der Waals surface area contributed by atoms with Gasteiger partial charge in [-0.3, -0.25) is 9.59 Å². The minimum absolute atomic E-state index is 0.142. The van der Waals surface area contributed by atoms with E-state index < -0.39 is 0 Å². The smallest absolute Gasteiger partial charge is 0.256 e. The molecule has 2 amide bonds. The Morgan fingerprint density at radius 3 is 2.27 bits per heavy atom. The molecule has 2 aromatic rings. The lowest BCUT2D eigenvalue weighted by Crippen LogP contribution is -2.27. The quantitative estimate of drug-likeness (QED) is 0.764. The van der Waals surface area contributed by atoms with Crippen LogP contribution in [0.1, 0.15) is 20.7 Å². The average Bonchev–Trinajstić information content (AvgIpc) is 2.53. The Balaban J connectivity index is 2.21. The van der Waals surface area contributed by atoms with Gasteiger partial charge in [-0.2, -0.15) is 0 Å². The molecule has 114 valence electrons. The number of amides is 2. The zero-order valence-electron chi connectivity index (χ0n) is 11.7. The van der Waals surface area contributed by atoms with Gasteiger partial charge in [0.15, 0.2) is 0 Å². The number of para-hydroxylation sites is 1. The number of nitrogens with one attached hydrogen (secondary N) is 2. The summed E-state index contributed by atoms with van der Waals surface area (Å²) in [5, 5.41) is 14.1. The summed E-state index contributed by atoms with van der Waals surface area (Å²) in [6.07, 6.45) is 0. The number of carbonyl (C=O) groups excluding carboxylic acids is 2. The fourth-order valence-electron chi connectivity index (χ4n) is 1.89. The van der Waals surface area contributed by atoms with E-state index in [9.17, 15) is 9.59 Å². The van der Waals surface area contributed by atoms with Crippen molar-refractivity contribution in [3.05, 3.63) is 64.1 Å². The van der Waals surface area contributed by atoms with E-state index in [1.54, 1.807) is 42.5 Å². The summed E-state index contributed by atoms with van der Waals surface area (Å²) in [5.74, 6) is -0.660. The molecular formula is C16H15BrN2O3. The van der Waals surface area contributed by atoms with Crippen molar-refractivity contribution in [2.75, 3.05) is 18.5 Å². The third-order valence-corrected chi connectivity index (χ3v) is 3.63. The van der Waals surface area contributed by atoms with Gasteiger partial charge in [-0.05, 0) is 40.2 Å². The van der Waals surface area contributed by atoms with Gasteiger partial charge < -0.3 is 15.7 Å². The van der Waals surface area contributed by atoms with Gasteiger partial charge in [0.2, 0.25) is 0 Å². The molecular weight excluding hydrogens is 348 g/mol. The maximum atomic E-state index is 12.3. The molecule has 2 rings (SSSR count). The molecule has 0 unspecified atom stereocenters. The number of halogens is 1. The second-order valence-corrected chi connectivity index (χ2v) is 5.31. The fourth-order valence-corrected chi connectivity index (χ4v) is 2.35. The Kier molecular flexibility index (Phi) is 5.68. The average molecular weight is 363 g/mol. The summed E-state index contributed by atoms with van der Waals surface area (Å²) < 4.78 is 0.676. The molecule has 0 aromatic heterocycles. The summed E-state index contributed by atoms with van der Waals surface area (Å²) >= 11 is 3.32. The first-order valence-electron chi connectivity index (χ1n) is 6.67. The van der Waals surface area contributed by atoms with Crippen LogP contribution in [-0.2, 0) is 0 Å². The molecule has 0 bridgehead atoms. The molecule has 3 N–H and O–H groups in total. The lowest BCUT2D eigenvalue weighted by molar-refractivity contribution is 0.0945. The monoisotopic (exact) mass is 362 g/mol. The topological polar surface area (TPSA) is 78.4 Å². The van der Waals surface area contributed by atoms with Crippen molar-refractivity contribution in [3.8, 4) is 0 Å². The van der Waals surface area contributed by atoms with E-state index >= 15 is 0 Å². The van der Waals surface area contributed by atoms with Crippen LogP contribution in [0.4, 0.5) is 5.69 Å². The van der Waals surface area contributed by atoms with E-state index in [0.29, 0.717) is 21.3 Å². The SMILES string of the molecule is O=C(Nc1ccccc1C(=O)NCCO)c1ccccc1Br. The Bertz CT molecular complexity index is 689. The van der Waals surface area contributed by atoms with Crippen LogP contribution in [0, 0.1) is 0 Å². The van der Waals surface area contributed by atoms with Crippen molar-refractivity contribution >= 4 is 33.4 Å². The van der Waals surface area contributed by atoms with Gasteiger partial charge in [-0.15, -0.1) is 0 Å². The number of benzene rings is 2. The van der Waals surface area contributed by atoms with Crippen molar-refractivity contribution in [1.82, 2.24) is 5.32 Å². The molecule has 22 heavy (non-hydrogen) atoms. The molecule has 5 nitrogen and oxygen atoms in total. The number of carbonyl (C=O) groups is 2. The summed E-state index contributed by atoms with van der Waals surface area (Å²) in [4.78, 5) is 24.3. The van der Waals surface area contributed by atoms with Crippen molar-refractivity contribution in [3.63, 3.8) is 0 Å². The van der Waals surface area contributed by atoms with Crippen LogP contribution in [-0.4, -0.2) is 30.1 Å². The Hall–Kier alpha value is -2.18. The molecule has 0 radical (unpaired) electrons. The number of aliphatic hydroxyl groups is 1. The van der Waals surface area contributed by atoms with Gasteiger partial charge in [0.05, 0.1) is 23.4 Å². The highest BCUT2D eigenvalue weighted by Crippen LogP contribution is 2.20. The van der Waals surface area contributed by atoms with Crippen LogP contribution in [0.5, 0.6) is 0 Å². The molecule has 0 spiro atoms. The highest BCUT2D eigenvalue weighted by Gasteiger charge is 2.14. The van der Waals surface area contributed by atoms with Crippen molar-refractivity contribution in [2.45, 2.75) is 0 Å². The number of anilines is 1. The standard InChI is InChI=1S/C16H15BrN2O3/c17-13-7-3-1-5-11(13)16(22)19-14-8-4-2-6-12(14)15(21)18-9-10-20/h1-8,20H,9-10H2,(H,18,21)(H,19,22). The van der Waals surface area contributed by atoms with Gasteiger partial charge in [-0.1, -0.05) is 24.3 Å². The Labute approximate surface area is 136 Å². The van der Waals surface area contributed by atoms with E-state index in [-0.39, 0.29) is 25.0 Å². The molecule has 0 saturated carbocycles. The summed E-state index contributed by atoms with van der Waals surface area (Å²) in [7, 11) is 0. The van der Waals surface area contributed by atoms with Gasteiger partial charge >= 0.3 is 0 Å². The zero-order chi connectivity index (χ0) is 15.9. The number of hydrogen-bond donors (Lipinski definition) is 3. The van der Waals surface area contributed by atoms with E-state index in [1.165, 1.54) is 0 Å². The van der Waals surface area contributed by atoms with Gasteiger partial charge in [0.25, 0.3) is 11.8 Å². The minimum Gasteiger partial charge on any atom is -0.395 e. The maximum absolute atomic E-state index is 12.3. The Morgan fingerprint density at radius 1 is 0.955 bits per heavy atom. The zero-order valence-corrected chi connectivity index (χ0v) is 13.3. The maximum Gasteiger partial charge on any atom is 0.256 e. The first-order valence-corrected chi connectivity index (χ1v) is 7.46. The van der Waals surface area contributed by atoms with Crippen LogP contribution in [0.3, 0.4) is 0 Å². The summed E-state index contributed by atoms with van der Waals surface area (Å²) in [5.41, 5.74) is 1.24. The third-order valence-electron chi connectivity index (χ3n) is 2.94. The number of rotatable bonds is 5. The molecule has 0 aliphatic rings. The molecule has 0 atom stereocenters. The van der Waals surface area contributed by atoms with Crippen molar-refractivity contribution in [2.24, 2.45) is 0 Å². The fraction of sp³-hybridized carbons (Fsp3) is 0.125. The predicted molar refractivity (Wildman–Crippen MR) is 88.0 cm³/mol. The molecule has 0 aliphatic heterocycles. The first kappa shape index (κ1) is 16.2. The Morgan fingerprint density at radius 2 is 1.59 bits per heavy atom. The van der Waals surface area contributed by atoms with Gasteiger partial charge in [0.1, 0.15) is 0 Å². The van der Waals surface area contributed by atoms with Crippen LogP contribution < -0.4 is 10.6 Å². The lowest BCUT2D eigenvalue weighted by atomic mass is 10.1. The third kappa shape index (κ3) is 3.93. The predicted octanol–water partition coefficient (Wildman–Crippen LogP) is 2.42. The second-order valence-electron chi connectivity index (χ2n) is 4.46. The van der Waals surface area contributed by atoms with Crippen LogP contribution in [0.15, 0.2) is 53.0 Å². The highest BCUT2D eigenvalue weighted by molar-refractivity contribution is 9.10. The summed E-state index contributed by atoms with van der Waals surface area (Å²) in [6.45, 7) is 0.0164. The molecule has 0 aliphatic carbocycles. The largest absolute Gasteiger partial charge is 0.395 e. The second kappa shape index (κ2) is 7.72. The van der Waals surface area contributed by atoms with Crippen molar-refractivity contribution in [1.29, 1.82) is 0 Å². The molecule has 0 saturated heterocycles. The summed E-state index contributed by atoms with van der Waals surface area (Å²) in [6, 6.07) is 13.8. The minimum atomic E-state index is -0.350. The number of aliphatic hydroxyl groups excluding tert-OH is 1. The van der Waals surface area contributed by atoms with E-state index in [2.05, 4.69) is 26.6 Å². The van der Waals surface area contributed by atoms with Gasteiger partial charge in [0, 0.05) is 11.0 Å². The van der Waals surface area contributed by atoms with Gasteiger partial charge in [-0.25, -0.2) is 0 Å². The van der Waals surface area contributed by atoms with E-state index in [4.69, 9.17) is 5.11 Å². The van der Waals surface area contributed by atoms with Crippen LogP contribution >= 0.6 is 15.9 Å². The van der Waals surface area contributed by atoms with E-state index in [1.807, 2.05) is 6.07 Å². The molecule has 2 aromatic carbocycles. The molecule has 0 fully saturated rings.